The van der Waals surface area contributed by atoms with Crippen LogP contribution in [0.2, 0.25) is 0 Å². The fourth-order valence-corrected chi connectivity index (χ4v) is 2.31. The second kappa shape index (κ2) is 4.34. The number of aliphatic hydroxyl groups is 1. The van der Waals surface area contributed by atoms with E-state index in [-0.39, 0.29) is 12.0 Å². The molecule has 0 spiro atoms. The van der Waals surface area contributed by atoms with E-state index in [1.807, 2.05) is 18.2 Å². The topological polar surface area (TPSA) is 38.7 Å². The summed E-state index contributed by atoms with van der Waals surface area (Å²) < 4.78 is 10.5. The summed E-state index contributed by atoms with van der Waals surface area (Å²) in [5.41, 5.74) is 1.11. The number of aliphatic hydroxyl groups excluding tert-OH is 1. The molecule has 2 rings (SSSR count). The molecule has 1 aromatic rings. The van der Waals surface area contributed by atoms with Gasteiger partial charge in [0, 0.05) is 5.41 Å². The van der Waals surface area contributed by atoms with Gasteiger partial charge in [-0.3, -0.25) is 0 Å². The largest absolute Gasteiger partial charge is 0.493 e. The molecule has 0 bridgehead atoms. The van der Waals surface area contributed by atoms with Gasteiger partial charge in [0.05, 0.1) is 20.8 Å². The molecule has 0 aliphatic heterocycles. The van der Waals surface area contributed by atoms with Gasteiger partial charge in [-0.15, -0.1) is 0 Å². The van der Waals surface area contributed by atoms with Gasteiger partial charge in [-0.1, -0.05) is 12.5 Å². The van der Waals surface area contributed by atoms with Crippen molar-refractivity contribution in [1.82, 2.24) is 0 Å². The first-order chi connectivity index (χ1) is 7.75. The van der Waals surface area contributed by atoms with E-state index in [1.165, 1.54) is 6.42 Å². The van der Waals surface area contributed by atoms with E-state index in [0.29, 0.717) is 0 Å². The standard InChI is InChI=1S/C13H18O3/c1-15-11-5-4-10(8-12(11)16-2)13(9-14)6-3-7-13/h4-5,8,14H,3,6-7,9H2,1-2H3. The van der Waals surface area contributed by atoms with Crippen LogP contribution in [0, 0.1) is 0 Å². The number of hydrogen-bond acceptors (Lipinski definition) is 3. The molecule has 1 aromatic carbocycles. The summed E-state index contributed by atoms with van der Waals surface area (Å²) in [5, 5.41) is 9.51. The normalized spacial score (nSPS) is 17.7. The van der Waals surface area contributed by atoms with Crippen LogP contribution in [0.5, 0.6) is 11.5 Å². The maximum absolute atomic E-state index is 9.51. The molecule has 0 heterocycles. The van der Waals surface area contributed by atoms with Gasteiger partial charge >= 0.3 is 0 Å². The van der Waals surface area contributed by atoms with Crippen molar-refractivity contribution in [1.29, 1.82) is 0 Å². The minimum absolute atomic E-state index is 0.0421. The van der Waals surface area contributed by atoms with E-state index in [0.717, 1.165) is 29.9 Å². The molecule has 1 aliphatic carbocycles. The summed E-state index contributed by atoms with van der Waals surface area (Å²) >= 11 is 0. The molecular formula is C13H18O3. The van der Waals surface area contributed by atoms with Crippen LogP contribution in [-0.2, 0) is 5.41 Å². The quantitative estimate of drug-likeness (QED) is 0.848. The van der Waals surface area contributed by atoms with Crippen LogP contribution in [0.15, 0.2) is 18.2 Å². The van der Waals surface area contributed by atoms with Crippen molar-refractivity contribution in [2.24, 2.45) is 0 Å². The van der Waals surface area contributed by atoms with E-state index in [4.69, 9.17) is 9.47 Å². The third-order valence-corrected chi connectivity index (χ3v) is 3.61. The number of hydrogen-bond donors (Lipinski definition) is 1. The molecule has 1 saturated carbocycles. The third kappa shape index (κ3) is 1.65. The molecule has 0 amide bonds. The van der Waals surface area contributed by atoms with Crippen LogP contribution in [0.25, 0.3) is 0 Å². The molecule has 0 aromatic heterocycles. The Morgan fingerprint density at radius 1 is 1.19 bits per heavy atom. The molecule has 3 nitrogen and oxygen atoms in total. The average Bonchev–Trinajstić information content (AvgIpc) is 2.28. The average molecular weight is 222 g/mol. The highest BCUT2D eigenvalue weighted by Crippen LogP contribution is 2.45. The van der Waals surface area contributed by atoms with E-state index in [1.54, 1.807) is 14.2 Å². The Morgan fingerprint density at radius 3 is 2.31 bits per heavy atom. The number of methoxy groups -OCH3 is 2. The van der Waals surface area contributed by atoms with Gasteiger partial charge in [0.2, 0.25) is 0 Å². The lowest BCUT2D eigenvalue weighted by Crippen LogP contribution is -2.37. The predicted octanol–water partition coefficient (Wildman–Crippen LogP) is 2.12. The van der Waals surface area contributed by atoms with Crippen molar-refractivity contribution >= 4 is 0 Å². The third-order valence-electron chi connectivity index (χ3n) is 3.61. The first-order valence-corrected chi connectivity index (χ1v) is 5.59. The second-order valence-electron chi connectivity index (χ2n) is 4.36. The van der Waals surface area contributed by atoms with Crippen molar-refractivity contribution in [3.8, 4) is 11.5 Å². The van der Waals surface area contributed by atoms with Crippen molar-refractivity contribution in [2.75, 3.05) is 20.8 Å². The van der Waals surface area contributed by atoms with Crippen molar-refractivity contribution < 1.29 is 14.6 Å². The number of benzene rings is 1. The molecule has 0 saturated heterocycles. The Morgan fingerprint density at radius 2 is 1.88 bits per heavy atom. The number of rotatable bonds is 4. The van der Waals surface area contributed by atoms with E-state index in [2.05, 4.69) is 0 Å². The highest BCUT2D eigenvalue weighted by Gasteiger charge is 2.38. The molecule has 1 N–H and O–H groups in total. The molecule has 1 fully saturated rings. The van der Waals surface area contributed by atoms with E-state index in [9.17, 15) is 5.11 Å². The smallest absolute Gasteiger partial charge is 0.161 e. The molecular weight excluding hydrogens is 204 g/mol. The molecule has 0 atom stereocenters. The van der Waals surface area contributed by atoms with E-state index >= 15 is 0 Å². The van der Waals surface area contributed by atoms with Crippen molar-refractivity contribution in [3.05, 3.63) is 23.8 Å². The zero-order chi connectivity index (χ0) is 11.6. The summed E-state index contributed by atoms with van der Waals surface area (Å²) in [4.78, 5) is 0. The van der Waals surface area contributed by atoms with Gasteiger partial charge in [-0.2, -0.15) is 0 Å². The van der Waals surface area contributed by atoms with Gasteiger partial charge in [-0.25, -0.2) is 0 Å². The molecule has 0 unspecified atom stereocenters. The van der Waals surface area contributed by atoms with Crippen LogP contribution in [0.3, 0.4) is 0 Å². The zero-order valence-corrected chi connectivity index (χ0v) is 9.82. The monoisotopic (exact) mass is 222 g/mol. The van der Waals surface area contributed by atoms with Crippen LogP contribution in [-0.4, -0.2) is 25.9 Å². The lowest BCUT2D eigenvalue weighted by atomic mass is 9.65. The molecule has 88 valence electrons. The van der Waals surface area contributed by atoms with Crippen LogP contribution in [0.4, 0.5) is 0 Å². The summed E-state index contributed by atoms with van der Waals surface area (Å²) in [6.45, 7) is 0.211. The second-order valence-corrected chi connectivity index (χ2v) is 4.36. The SMILES string of the molecule is COc1ccc(C2(CO)CCC2)cc1OC. The Kier molecular flexibility index (Phi) is 3.06. The summed E-state index contributed by atoms with van der Waals surface area (Å²) in [6.07, 6.45) is 3.30. The van der Waals surface area contributed by atoms with Gasteiger partial charge in [0.15, 0.2) is 11.5 Å². The fraction of sp³-hybridized carbons (Fsp3) is 0.538. The van der Waals surface area contributed by atoms with Gasteiger partial charge in [0.1, 0.15) is 0 Å². The summed E-state index contributed by atoms with van der Waals surface area (Å²) in [7, 11) is 3.26. The van der Waals surface area contributed by atoms with Crippen molar-refractivity contribution in [3.63, 3.8) is 0 Å². The van der Waals surface area contributed by atoms with Gasteiger partial charge < -0.3 is 14.6 Å². The maximum Gasteiger partial charge on any atom is 0.161 e. The molecule has 3 heteroatoms. The Labute approximate surface area is 96.0 Å². The van der Waals surface area contributed by atoms with Crippen molar-refractivity contribution in [2.45, 2.75) is 24.7 Å². The fourth-order valence-electron chi connectivity index (χ4n) is 2.31. The van der Waals surface area contributed by atoms with Gasteiger partial charge in [-0.05, 0) is 30.5 Å². The highest BCUT2D eigenvalue weighted by atomic mass is 16.5. The minimum Gasteiger partial charge on any atom is -0.493 e. The molecule has 16 heavy (non-hydrogen) atoms. The predicted molar refractivity (Wildman–Crippen MR) is 62.2 cm³/mol. The lowest BCUT2D eigenvalue weighted by molar-refractivity contribution is 0.120. The van der Waals surface area contributed by atoms with E-state index < -0.39 is 0 Å². The Bertz CT molecular complexity index is 364. The highest BCUT2D eigenvalue weighted by molar-refractivity contribution is 5.45. The van der Waals surface area contributed by atoms with Crippen LogP contribution >= 0.6 is 0 Å². The lowest BCUT2D eigenvalue weighted by Gasteiger charge is -2.41. The van der Waals surface area contributed by atoms with Crippen LogP contribution in [0.1, 0.15) is 24.8 Å². The summed E-state index contributed by atoms with van der Waals surface area (Å²) in [5.74, 6) is 1.47. The summed E-state index contributed by atoms with van der Waals surface area (Å²) in [6, 6.07) is 5.91. The molecule has 0 radical (unpaired) electrons. The molecule has 1 aliphatic rings. The Hall–Kier alpha value is -1.22. The number of ether oxygens (including phenoxy) is 2. The van der Waals surface area contributed by atoms with Gasteiger partial charge in [0.25, 0.3) is 0 Å². The zero-order valence-electron chi connectivity index (χ0n) is 9.82. The Balaban J connectivity index is 2.35. The maximum atomic E-state index is 9.51. The van der Waals surface area contributed by atoms with Crippen LogP contribution < -0.4 is 9.47 Å². The first kappa shape index (κ1) is 11.3. The minimum atomic E-state index is -0.0421. The first-order valence-electron chi connectivity index (χ1n) is 5.59.